The van der Waals surface area contributed by atoms with Crippen LogP contribution in [0.1, 0.15) is 27.2 Å². The summed E-state index contributed by atoms with van der Waals surface area (Å²) in [6.07, 6.45) is 1.67. The summed E-state index contributed by atoms with van der Waals surface area (Å²) in [5.41, 5.74) is 4.52. The number of fused-ring (bicyclic) bond motifs is 1. The van der Waals surface area contributed by atoms with Crippen molar-refractivity contribution in [1.29, 1.82) is 0 Å². The number of nitrogens with zero attached hydrogens (tertiary/aromatic N) is 2. The second-order valence-corrected chi connectivity index (χ2v) is 7.51. The lowest BCUT2D eigenvalue weighted by Gasteiger charge is -2.14. The lowest BCUT2D eigenvalue weighted by molar-refractivity contribution is 0.0469. The largest absolute Gasteiger partial charge is 0.456 e. The van der Waals surface area contributed by atoms with Gasteiger partial charge in [0.1, 0.15) is 6.61 Å². The minimum Gasteiger partial charge on any atom is -0.456 e. The molecule has 0 atom stereocenters. The minimum absolute atomic E-state index is 0.0692. The van der Waals surface area contributed by atoms with Crippen LogP contribution in [-0.4, -0.2) is 15.4 Å². The van der Waals surface area contributed by atoms with Crippen LogP contribution in [0.25, 0.3) is 4.96 Å². The molecule has 1 N–H and O–H groups in total. The molecule has 2 heterocycles. The quantitative estimate of drug-likeness (QED) is 0.496. The number of carbonyl (C=O) groups is 1. The average Bonchev–Trinajstić information content (AvgIpc) is 3.19. The topological polar surface area (TPSA) is 72.7 Å². The van der Waals surface area contributed by atoms with E-state index in [1.165, 1.54) is 21.8 Å². The molecule has 2 aromatic heterocycles. The predicted molar refractivity (Wildman–Crippen MR) is 114 cm³/mol. The molecule has 0 saturated heterocycles. The van der Waals surface area contributed by atoms with Gasteiger partial charge in [-0.3, -0.25) is 9.20 Å². The smallest absolute Gasteiger partial charge is 0.340 e. The van der Waals surface area contributed by atoms with Gasteiger partial charge in [0.25, 0.3) is 5.56 Å². The van der Waals surface area contributed by atoms with Gasteiger partial charge in [0.2, 0.25) is 0 Å². The number of carbonyl (C=O) groups excluding carboxylic acids is 1. The molecule has 0 aliphatic carbocycles. The van der Waals surface area contributed by atoms with E-state index < -0.39 is 5.97 Å². The van der Waals surface area contributed by atoms with E-state index in [1.807, 2.05) is 44.2 Å². The number of hydrogen-bond acceptors (Lipinski definition) is 6. The standard InChI is InChI=1S/C22H19N3O3S/c1-14-6-5-9-18(15(14)2)24-19-8-4-3-7-17(19)21(27)28-13-16-12-20(26)25-10-11-29-22(25)23-16/h3-12,24H,13H2,1-2H3. The molecule has 0 saturated carbocycles. The molecule has 0 radical (unpaired) electrons. The molecule has 6 nitrogen and oxygen atoms in total. The molecule has 29 heavy (non-hydrogen) atoms. The number of hydrogen-bond donors (Lipinski definition) is 1. The number of ether oxygens (including phenoxy) is 1. The number of anilines is 2. The molecule has 0 fully saturated rings. The predicted octanol–water partition coefficient (Wildman–Crippen LogP) is 4.47. The number of para-hydroxylation sites is 1. The van der Waals surface area contributed by atoms with Crippen LogP contribution in [0.15, 0.2) is 64.9 Å². The molecular formula is C22H19N3O3S. The normalized spacial score (nSPS) is 10.8. The Kier molecular flexibility index (Phi) is 5.14. The van der Waals surface area contributed by atoms with Crippen molar-refractivity contribution < 1.29 is 9.53 Å². The van der Waals surface area contributed by atoms with Gasteiger partial charge < -0.3 is 10.1 Å². The first-order chi connectivity index (χ1) is 14.0. The Morgan fingerprint density at radius 2 is 1.93 bits per heavy atom. The summed E-state index contributed by atoms with van der Waals surface area (Å²) in [7, 11) is 0. The SMILES string of the molecule is Cc1cccc(Nc2ccccc2C(=O)OCc2cc(=O)n3ccsc3n2)c1C. The molecule has 7 heteroatoms. The molecule has 0 spiro atoms. The molecule has 4 aromatic rings. The molecule has 0 aliphatic rings. The van der Waals surface area contributed by atoms with E-state index in [4.69, 9.17) is 4.74 Å². The highest BCUT2D eigenvalue weighted by molar-refractivity contribution is 7.15. The van der Waals surface area contributed by atoms with Gasteiger partial charge in [0, 0.05) is 23.3 Å². The van der Waals surface area contributed by atoms with Gasteiger partial charge in [0.05, 0.1) is 16.9 Å². The van der Waals surface area contributed by atoms with E-state index in [0.29, 0.717) is 21.9 Å². The van der Waals surface area contributed by atoms with E-state index in [2.05, 4.69) is 10.3 Å². The van der Waals surface area contributed by atoms with E-state index in [1.54, 1.807) is 23.7 Å². The van der Waals surface area contributed by atoms with E-state index in [0.717, 1.165) is 16.8 Å². The summed E-state index contributed by atoms with van der Waals surface area (Å²) >= 11 is 1.35. The Morgan fingerprint density at radius 1 is 1.14 bits per heavy atom. The highest BCUT2D eigenvalue weighted by Gasteiger charge is 2.14. The molecule has 0 aliphatic heterocycles. The lowest BCUT2D eigenvalue weighted by atomic mass is 10.1. The van der Waals surface area contributed by atoms with Crippen molar-refractivity contribution in [2.45, 2.75) is 20.5 Å². The van der Waals surface area contributed by atoms with Crippen molar-refractivity contribution in [2.24, 2.45) is 0 Å². The van der Waals surface area contributed by atoms with Crippen LogP contribution in [0.2, 0.25) is 0 Å². The van der Waals surface area contributed by atoms with Gasteiger partial charge in [-0.25, -0.2) is 9.78 Å². The Bertz CT molecular complexity index is 1260. The fourth-order valence-corrected chi connectivity index (χ4v) is 3.72. The number of esters is 1. The molecular weight excluding hydrogens is 386 g/mol. The number of aryl methyl sites for hydroxylation is 1. The van der Waals surface area contributed by atoms with Crippen LogP contribution in [0, 0.1) is 13.8 Å². The van der Waals surface area contributed by atoms with Gasteiger partial charge in [-0.15, -0.1) is 11.3 Å². The molecule has 4 rings (SSSR count). The Morgan fingerprint density at radius 3 is 2.79 bits per heavy atom. The van der Waals surface area contributed by atoms with Crippen LogP contribution in [0.4, 0.5) is 11.4 Å². The number of thiazole rings is 1. The molecule has 2 aromatic carbocycles. The van der Waals surface area contributed by atoms with Crippen molar-refractivity contribution in [3.63, 3.8) is 0 Å². The third kappa shape index (κ3) is 3.90. The number of aromatic nitrogens is 2. The van der Waals surface area contributed by atoms with Crippen molar-refractivity contribution >= 4 is 33.6 Å². The number of benzene rings is 2. The third-order valence-electron chi connectivity index (χ3n) is 4.73. The Balaban J connectivity index is 1.54. The summed E-state index contributed by atoms with van der Waals surface area (Å²) in [4.78, 5) is 29.7. The second kappa shape index (κ2) is 7.89. The van der Waals surface area contributed by atoms with Crippen molar-refractivity contribution in [3.05, 3.63) is 92.8 Å². The first-order valence-corrected chi connectivity index (χ1v) is 9.96. The highest BCUT2D eigenvalue weighted by Crippen LogP contribution is 2.26. The Labute approximate surface area is 171 Å². The lowest BCUT2D eigenvalue weighted by Crippen LogP contribution is -2.15. The zero-order valence-electron chi connectivity index (χ0n) is 16.0. The summed E-state index contributed by atoms with van der Waals surface area (Å²) in [6.45, 7) is 4.00. The van der Waals surface area contributed by atoms with Crippen molar-refractivity contribution in [2.75, 3.05) is 5.32 Å². The maximum atomic E-state index is 12.7. The van der Waals surface area contributed by atoms with Crippen molar-refractivity contribution in [3.8, 4) is 0 Å². The fraction of sp³-hybridized carbons (Fsp3) is 0.136. The molecule has 0 amide bonds. The van der Waals surface area contributed by atoms with Crippen LogP contribution in [0.5, 0.6) is 0 Å². The summed E-state index contributed by atoms with van der Waals surface area (Å²) in [6, 6.07) is 14.6. The van der Waals surface area contributed by atoms with Crippen LogP contribution in [0.3, 0.4) is 0 Å². The molecule has 0 bridgehead atoms. The zero-order chi connectivity index (χ0) is 20.4. The summed E-state index contributed by atoms with van der Waals surface area (Å²) in [5.74, 6) is -0.480. The summed E-state index contributed by atoms with van der Waals surface area (Å²) in [5, 5.41) is 5.11. The second-order valence-electron chi connectivity index (χ2n) is 6.64. The number of rotatable bonds is 5. The first-order valence-electron chi connectivity index (χ1n) is 9.08. The zero-order valence-corrected chi connectivity index (χ0v) is 16.8. The number of nitrogens with one attached hydrogen (secondary N) is 1. The monoisotopic (exact) mass is 405 g/mol. The molecule has 146 valence electrons. The first kappa shape index (κ1) is 18.9. The third-order valence-corrected chi connectivity index (χ3v) is 5.48. The average molecular weight is 405 g/mol. The Hall–Kier alpha value is -3.45. The van der Waals surface area contributed by atoms with E-state index >= 15 is 0 Å². The van der Waals surface area contributed by atoms with E-state index in [9.17, 15) is 9.59 Å². The van der Waals surface area contributed by atoms with Gasteiger partial charge in [-0.1, -0.05) is 24.3 Å². The molecule has 0 unspecified atom stereocenters. The fourth-order valence-electron chi connectivity index (χ4n) is 2.98. The van der Waals surface area contributed by atoms with Gasteiger partial charge in [-0.2, -0.15) is 0 Å². The van der Waals surface area contributed by atoms with Crippen molar-refractivity contribution in [1.82, 2.24) is 9.38 Å². The van der Waals surface area contributed by atoms with Crippen LogP contribution < -0.4 is 10.9 Å². The minimum atomic E-state index is -0.480. The van der Waals surface area contributed by atoms with Gasteiger partial charge >= 0.3 is 5.97 Å². The maximum absolute atomic E-state index is 12.7. The van der Waals surface area contributed by atoms with Gasteiger partial charge in [-0.05, 0) is 43.2 Å². The highest BCUT2D eigenvalue weighted by atomic mass is 32.1. The van der Waals surface area contributed by atoms with E-state index in [-0.39, 0.29) is 12.2 Å². The maximum Gasteiger partial charge on any atom is 0.340 e. The van der Waals surface area contributed by atoms with Gasteiger partial charge in [0.15, 0.2) is 4.96 Å². The van der Waals surface area contributed by atoms with Crippen LogP contribution >= 0.6 is 11.3 Å². The summed E-state index contributed by atoms with van der Waals surface area (Å²) < 4.78 is 6.90. The van der Waals surface area contributed by atoms with Crippen LogP contribution in [-0.2, 0) is 11.3 Å².